The van der Waals surface area contributed by atoms with E-state index in [9.17, 15) is 4.79 Å². The smallest absolute Gasteiger partial charge is 0.246 e. The Bertz CT molecular complexity index is 702. The van der Waals surface area contributed by atoms with E-state index in [-0.39, 0.29) is 12.5 Å². The van der Waals surface area contributed by atoms with Crippen molar-refractivity contribution in [3.8, 4) is 0 Å². The second-order valence-corrected chi connectivity index (χ2v) is 6.51. The quantitative estimate of drug-likeness (QED) is 0.945. The molecule has 0 saturated heterocycles. The fraction of sp³-hybridized carbons (Fsp3) is 0.444. The van der Waals surface area contributed by atoms with E-state index in [1.54, 1.807) is 4.68 Å². The molecule has 1 amide bonds. The lowest BCUT2D eigenvalue weighted by Gasteiger charge is -2.15. The van der Waals surface area contributed by atoms with Crippen LogP contribution in [-0.4, -0.2) is 15.7 Å². The minimum Gasteiger partial charge on any atom is -0.324 e. The number of nitrogens with one attached hydrogen (secondary N) is 1. The number of rotatable bonds is 3. The Hall–Kier alpha value is -2.10. The fourth-order valence-corrected chi connectivity index (χ4v) is 3.12. The van der Waals surface area contributed by atoms with E-state index in [0.29, 0.717) is 5.92 Å². The van der Waals surface area contributed by atoms with Crippen molar-refractivity contribution in [2.45, 2.75) is 46.6 Å². The third-order valence-corrected chi connectivity index (χ3v) is 4.33. The molecule has 1 aromatic carbocycles. The third kappa shape index (κ3) is 3.21. The first-order chi connectivity index (χ1) is 10.5. The van der Waals surface area contributed by atoms with E-state index >= 15 is 0 Å². The molecule has 0 spiro atoms. The third-order valence-electron chi connectivity index (χ3n) is 4.33. The summed E-state index contributed by atoms with van der Waals surface area (Å²) in [4.78, 5) is 12.2. The Kier molecular flexibility index (Phi) is 4.01. The van der Waals surface area contributed by atoms with E-state index < -0.39 is 0 Å². The van der Waals surface area contributed by atoms with E-state index in [1.165, 1.54) is 17.5 Å². The molecule has 1 N–H and O–H groups in total. The summed E-state index contributed by atoms with van der Waals surface area (Å²) in [5.74, 6) is 0.689. The van der Waals surface area contributed by atoms with Gasteiger partial charge in [0, 0.05) is 11.9 Å². The van der Waals surface area contributed by atoms with Crippen molar-refractivity contribution < 1.29 is 4.79 Å². The number of benzene rings is 1. The molecule has 0 fully saturated rings. The molecule has 22 heavy (non-hydrogen) atoms. The van der Waals surface area contributed by atoms with Gasteiger partial charge in [-0.25, -0.2) is 0 Å². The number of nitrogens with zero attached hydrogens (tertiary/aromatic N) is 2. The molecule has 116 valence electrons. The summed E-state index contributed by atoms with van der Waals surface area (Å²) in [6.45, 7) is 6.60. The molecule has 1 aliphatic rings. The van der Waals surface area contributed by atoms with Crippen LogP contribution < -0.4 is 5.32 Å². The van der Waals surface area contributed by atoms with Crippen molar-refractivity contribution in [3.05, 3.63) is 46.8 Å². The number of hydrogen-bond donors (Lipinski definition) is 1. The largest absolute Gasteiger partial charge is 0.324 e. The number of aryl methyl sites for hydroxylation is 3. The molecule has 0 unspecified atom stereocenters. The normalized spacial score (nSPS) is 17.1. The zero-order valence-electron chi connectivity index (χ0n) is 13.5. The molecule has 1 heterocycles. The Morgan fingerprint density at radius 3 is 3.00 bits per heavy atom. The Morgan fingerprint density at radius 2 is 2.23 bits per heavy atom. The van der Waals surface area contributed by atoms with Crippen LogP contribution in [0.3, 0.4) is 0 Å². The first kappa shape index (κ1) is 14.8. The van der Waals surface area contributed by atoms with E-state index in [0.717, 1.165) is 29.8 Å². The van der Waals surface area contributed by atoms with E-state index in [2.05, 4.69) is 23.4 Å². The molecular formula is C18H23N3O. The van der Waals surface area contributed by atoms with Crippen LogP contribution in [0.1, 0.15) is 35.7 Å². The second-order valence-electron chi connectivity index (χ2n) is 6.51. The standard InChI is InChI=1S/C18H23N3O/c1-12-4-6-16(14(3)8-12)19-18(22)11-21-10-15-9-13(2)5-7-17(15)20-21/h4,6,8,10,13H,5,7,9,11H2,1-3H3,(H,19,22)/t13-/m1/s1. The topological polar surface area (TPSA) is 46.9 Å². The summed E-state index contributed by atoms with van der Waals surface area (Å²) >= 11 is 0. The van der Waals surface area contributed by atoms with Crippen LogP contribution in [0.2, 0.25) is 0 Å². The highest BCUT2D eigenvalue weighted by Gasteiger charge is 2.19. The molecule has 3 rings (SSSR count). The van der Waals surface area contributed by atoms with Gasteiger partial charge in [0.05, 0.1) is 5.69 Å². The lowest BCUT2D eigenvalue weighted by atomic mass is 9.89. The number of fused-ring (bicyclic) bond motifs is 1. The summed E-state index contributed by atoms with van der Waals surface area (Å²) in [5, 5.41) is 7.53. The van der Waals surface area contributed by atoms with Crippen LogP contribution in [-0.2, 0) is 24.2 Å². The summed E-state index contributed by atoms with van der Waals surface area (Å²) in [7, 11) is 0. The molecule has 4 nitrogen and oxygen atoms in total. The first-order valence-corrected chi connectivity index (χ1v) is 7.93. The molecule has 1 atom stereocenters. The molecule has 1 aliphatic carbocycles. The number of carbonyl (C=O) groups is 1. The Balaban J connectivity index is 1.67. The van der Waals surface area contributed by atoms with Gasteiger partial charge in [-0.1, -0.05) is 24.6 Å². The SMILES string of the molecule is Cc1ccc(NC(=O)Cn2cc3c(n2)CC[C@@H](C)C3)c(C)c1. The lowest BCUT2D eigenvalue weighted by molar-refractivity contribution is -0.116. The van der Waals surface area contributed by atoms with Crippen LogP contribution in [0.5, 0.6) is 0 Å². The van der Waals surface area contributed by atoms with Crippen molar-refractivity contribution in [1.29, 1.82) is 0 Å². The van der Waals surface area contributed by atoms with Gasteiger partial charge in [0.25, 0.3) is 0 Å². The molecule has 0 radical (unpaired) electrons. The predicted octanol–water partition coefficient (Wildman–Crippen LogP) is 3.26. The first-order valence-electron chi connectivity index (χ1n) is 7.93. The number of hydrogen-bond acceptors (Lipinski definition) is 2. The van der Waals surface area contributed by atoms with E-state index in [4.69, 9.17) is 0 Å². The number of anilines is 1. The minimum absolute atomic E-state index is 0.0279. The van der Waals surface area contributed by atoms with Gasteiger partial charge in [-0.3, -0.25) is 9.48 Å². The minimum atomic E-state index is -0.0279. The molecule has 0 bridgehead atoms. The molecule has 0 saturated carbocycles. The molecule has 2 aromatic rings. The van der Waals surface area contributed by atoms with Gasteiger partial charge in [-0.05, 0) is 56.2 Å². The average molecular weight is 297 g/mol. The van der Waals surface area contributed by atoms with Crippen LogP contribution in [0.15, 0.2) is 24.4 Å². The van der Waals surface area contributed by atoms with Gasteiger partial charge in [0.15, 0.2) is 0 Å². The average Bonchev–Trinajstić information content (AvgIpc) is 2.83. The van der Waals surface area contributed by atoms with Crippen LogP contribution in [0.25, 0.3) is 0 Å². The number of amides is 1. The van der Waals surface area contributed by atoms with Gasteiger partial charge in [0.1, 0.15) is 6.54 Å². The van der Waals surface area contributed by atoms with Crippen molar-refractivity contribution >= 4 is 11.6 Å². The van der Waals surface area contributed by atoms with E-state index in [1.807, 2.05) is 32.2 Å². The highest BCUT2D eigenvalue weighted by molar-refractivity contribution is 5.91. The summed E-state index contributed by atoms with van der Waals surface area (Å²) < 4.78 is 1.78. The zero-order chi connectivity index (χ0) is 15.7. The Labute approximate surface area is 131 Å². The monoisotopic (exact) mass is 297 g/mol. The van der Waals surface area contributed by atoms with Crippen molar-refractivity contribution in [2.24, 2.45) is 5.92 Å². The van der Waals surface area contributed by atoms with Gasteiger partial charge in [-0.15, -0.1) is 0 Å². The number of aromatic nitrogens is 2. The molecule has 1 aromatic heterocycles. The van der Waals surface area contributed by atoms with Gasteiger partial charge < -0.3 is 5.32 Å². The maximum Gasteiger partial charge on any atom is 0.246 e. The highest BCUT2D eigenvalue weighted by Crippen LogP contribution is 2.24. The molecule has 4 heteroatoms. The lowest BCUT2D eigenvalue weighted by Crippen LogP contribution is -2.19. The zero-order valence-corrected chi connectivity index (χ0v) is 13.5. The number of carbonyl (C=O) groups excluding carboxylic acids is 1. The van der Waals surface area contributed by atoms with Crippen molar-refractivity contribution in [1.82, 2.24) is 9.78 Å². The summed E-state index contributed by atoms with van der Waals surface area (Å²) in [5.41, 5.74) is 5.63. The maximum atomic E-state index is 12.2. The Morgan fingerprint density at radius 1 is 1.41 bits per heavy atom. The highest BCUT2D eigenvalue weighted by atomic mass is 16.2. The summed E-state index contributed by atoms with van der Waals surface area (Å²) in [6.07, 6.45) is 5.33. The van der Waals surface area contributed by atoms with Gasteiger partial charge in [0.2, 0.25) is 5.91 Å². The van der Waals surface area contributed by atoms with Crippen molar-refractivity contribution in [2.75, 3.05) is 5.32 Å². The molecular weight excluding hydrogens is 274 g/mol. The molecule has 0 aliphatic heterocycles. The second kappa shape index (κ2) is 5.95. The van der Waals surface area contributed by atoms with Crippen molar-refractivity contribution in [3.63, 3.8) is 0 Å². The summed E-state index contributed by atoms with van der Waals surface area (Å²) in [6, 6.07) is 6.04. The van der Waals surface area contributed by atoms with Crippen LogP contribution in [0, 0.1) is 19.8 Å². The van der Waals surface area contributed by atoms with Gasteiger partial charge >= 0.3 is 0 Å². The van der Waals surface area contributed by atoms with Crippen LogP contribution in [0.4, 0.5) is 5.69 Å². The van der Waals surface area contributed by atoms with Crippen LogP contribution >= 0.6 is 0 Å². The predicted molar refractivity (Wildman–Crippen MR) is 88.0 cm³/mol. The fourth-order valence-electron chi connectivity index (χ4n) is 3.12. The van der Waals surface area contributed by atoms with Gasteiger partial charge in [-0.2, -0.15) is 5.10 Å². The maximum absolute atomic E-state index is 12.2.